The molecule has 4 aromatic carbocycles. The van der Waals surface area contributed by atoms with Gasteiger partial charge in [-0.3, -0.25) is 9.36 Å². The van der Waals surface area contributed by atoms with Gasteiger partial charge >= 0.3 is 5.97 Å². The van der Waals surface area contributed by atoms with E-state index in [1.165, 1.54) is 11.3 Å². The molecule has 0 amide bonds. The fourth-order valence-electron chi connectivity index (χ4n) is 4.30. The number of thiazole rings is 1. The van der Waals surface area contributed by atoms with Crippen molar-refractivity contribution in [2.24, 2.45) is 0 Å². The molecule has 5 nitrogen and oxygen atoms in total. The molecule has 0 N–H and O–H groups in total. The van der Waals surface area contributed by atoms with E-state index in [1.807, 2.05) is 84.9 Å². The summed E-state index contributed by atoms with van der Waals surface area (Å²) in [5.41, 5.74) is 3.54. The van der Waals surface area contributed by atoms with Gasteiger partial charge in [0.05, 0.1) is 26.8 Å². The van der Waals surface area contributed by atoms with Crippen LogP contribution < -0.4 is 0 Å². The zero-order valence-corrected chi connectivity index (χ0v) is 18.8. The van der Waals surface area contributed by atoms with Gasteiger partial charge in [0.1, 0.15) is 5.01 Å². The van der Waals surface area contributed by atoms with E-state index < -0.39 is 5.97 Å². The topological polar surface area (TPSA) is 61.2 Å². The Kier molecular flexibility index (Phi) is 4.93. The van der Waals surface area contributed by atoms with Gasteiger partial charge in [-0.1, -0.05) is 66.7 Å². The van der Waals surface area contributed by atoms with Gasteiger partial charge in [0.25, 0.3) is 5.91 Å². The third-order valence-electron chi connectivity index (χ3n) is 5.83. The highest BCUT2D eigenvalue weighted by molar-refractivity contribution is 7.21. The molecule has 2 heterocycles. The first-order valence-electron chi connectivity index (χ1n) is 10.8. The van der Waals surface area contributed by atoms with Crippen LogP contribution in [0.25, 0.3) is 42.6 Å². The van der Waals surface area contributed by atoms with E-state index in [4.69, 9.17) is 4.74 Å². The number of hydrogen-bond donors (Lipinski definition) is 0. The molecule has 0 radical (unpaired) electrons. The minimum atomic E-state index is -0.552. The number of carbonyl (C=O) groups is 2. The molecule has 164 valence electrons. The second-order valence-electron chi connectivity index (χ2n) is 7.87. The Morgan fingerprint density at radius 2 is 1.38 bits per heavy atom. The highest BCUT2D eigenvalue weighted by atomic mass is 32.1. The lowest BCUT2D eigenvalue weighted by atomic mass is 10.1. The van der Waals surface area contributed by atoms with E-state index >= 15 is 0 Å². The maximum absolute atomic E-state index is 13.2. The Bertz CT molecular complexity index is 1630. The lowest BCUT2D eigenvalue weighted by Gasteiger charge is -2.09. The number of hydrogen-bond acceptors (Lipinski definition) is 5. The van der Waals surface area contributed by atoms with Gasteiger partial charge in [-0.05, 0) is 30.3 Å². The SMILES string of the molecule is O=C(OCC(=O)n1c2ccccc2c2ccccc21)c1ccccc1-c1nc2ccccc2s1. The zero-order chi connectivity index (χ0) is 23.1. The van der Waals surface area contributed by atoms with E-state index in [9.17, 15) is 9.59 Å². The second kappa shape index (κ2) is 8.24. The number of fused-ring (bicyclic) bond motifs is 4. The Balaban J connectivity index is 1.30. The maximum Gasteiger partial charge on any atom is 0.339 e. The molecule has 6 rings (SSSR count). The van der Waals surface area contributed by atoms with Crippen LogP contribution in [0.2, 0.25) is 0 Å². The van der Waals surface area contributed by atoms with Gasteiger partial charge in [-0.25, -0.2) is 9.78 Å². The second-order valence-corrected chi connectivity index (χ2v) is 8.90. The Morgan fingerprint density at radius 3 is 2.12 bits per heavy atom. The Hall–Kier alpha value is -4.29. The number of carbonyl (C=O) groups excluding carboxylic acids is 2. The number of rotatable bonds is 4. The van der Waals surface area contributed by atoms with E-state index in [-0.39, 0.29) is 12.5 Å². The molecular weight excluding hydrogens is 444 g/mol. The molecule has 6 heteroatoms. The number of nitrogens with zero attached hydrogens (tertiary/aromatic N) is 2. The lowest BCUT2D eigenvalue weighted by Crippen LogP contribution is -2.20. The van der Waals surface area contributed by atoms with Crippen LogP contribution in [0.5, 0.6) is 0 Å². The molecule has 6 aromatic rings. The molecule has 0 atom stereocenters. The smallest absolute Gasteiger partial charge is 0.339 e. The predicted molar refractivity (Wildman–Crippen MR) is 135 cm³/mol. The fourth-order valence-corrected chi connectivity index (χ4v) is 5.30. The van der Waals surface area contributed by atoms with E-state index in [1.54, 1.807) is 16.7 Å². The summed E-state index contributed by atoms with van der Waals surface area (Å²) in [7, 11) is 0. The number of para-hydroxylation sites is 3. The molecule has 0 saturated heterocycles. The van der Waals surface area contributed by atoms with Crippen LogP contribution >= 0.6 is 11.3 Å². The summed E-state index contributed by atoms with van der Waals surface area (Å²) in [6, 6.07) is 30.5. The normalized spacial score (nSPS) is 11.3. The van der Waals surface area contributed by atoms with Crippen molar-refractivity contribution in [1.29, 1.82) is 0 Å². The monoisotopic (exact) mass is 462 g/mol. The predicted octanol–water partition coefficient (Wildman–Crippen LogP) is 6.57. The van der Waals surface area contributed by atoms with Crippen molar-refractivity contribution in [2.75, 3.05) is 6.61 Å². The van der Waals surface area contributed by atoms with Crippen LogP contribution in [-0.2, 0) is 4.74 Å². The van der Waals surface area contributed by atoms with Crippen LogP contribution in [0.1, 0.15) is 15.2 Å². The van der Waals surface area contributed by atoms with Crippen molar-refractivity contribution in [1.82, 2.24) is 9.55 Å². The van der Waals surface area contributed by atoms with Crippen LogP contribution in [0.3, 0.4) is 0 Å². The summed E-state index contributed by atoms with van der Waals surface area (Å²) in [6.45, 7) is -0.365. The van der Waals surface area contributed by atoms with Gasteiger partial charge in [0.15, 0.2) is 6.61 Å². The molecule has 0 saturated carbocycles. The van der Waals surface area contributed by atoms with E-state index in [0.29, 0.717) is 11.1 Å². The van der Waals surface area contributed by atoms with Gasteiger partial charge in [-0.15, -0.1) is 11.3 Å². The zero-order valence-electron chi connectivity index (χ0n) is 18.0. The van der Waals surface area contributed by atoms with Crippen LogP contribution in [0.4, 0.5) is 0 Å². The average Bonchev–Trinajstić information content (AvgIpc) is 3.46. The number of aromatic nitrogens is 2. The van der Waals surface area contributed by atoms with Crippen molar-refractivity contribution >= 4 is 55.2 Å². The summed E-state index contributed by atoms with van der Waals surface area (Å²) in [5, 5.41) is 2.71. The highest BCUT2D eigenvalue weighted by Crippen LogP contribution is 2.32. The third kappa shape index (κ3) is 3.36. The number of ether oxygens (including phenoxy) is 1. The molecule has 0 aliphatic carbocycles. The molecular formula is C28H18N2O3S. The van der Waals surface area contributed by atoms with Gasteiger partial charge < -0.3 is 4.74 Å². The Morgan fingerprint density at radius 1 is 0.765 bits per heavy atom. The molecule has 0 spiro atoms. The molecule has 2 aromatic heterocycles. The quantitative estimate of drug-likeness (QED) is 0.278. The first-order chi connectivity index (χ1) is 16.7. The molecule has 34 heavy (non-hydrogen) atoms. The van der Waals surface area contributed by atoms with Crippen LogP contribution in [0, 0.1) is 0 Å². The summed E-state index contributed by atoms with van der Waals surface area (Å²) < 4.78 is 8.18. The molecule has 0 fully saturated rings. The largest absolute Gasteiger partial charge is 0.452 e. The van der Waals surface area contributed by atoms with Crippen molar-refractivity contribution < 1.29 is 14.3 Å². The average molecular weight is 463 g/mol. The van der Waals surface area contributed by atoms with Gasteiger partial charge in [-0.2, -0.15) is 0 Å². The summed E-state index contributed by atoms with van der Waals surface area (Å²) in [4.78, 5) is 30.9. The van der Waals surface area contributed by atoms with Crippen LogP contribution in [-0.4, -0.2) is 28.0 Å². The van der Waals surface area contributed by atoms with Crippen molar-refractivity contribution in [2.45, 2.75) is 0 Å². The van der Waals surface area contributed by atoms with Crippen LogP contribution in [0.15, 0.2) is 97.1 Å². The standard InChI is InChI=1S/C28H18N2O3S/c31-26(30-23-14-6-3-9-18(23)19-10-4-7-15-24(19)30)17-33-28(32)21-12-2-1-11-20(21)27-29-22-13-5-8-16-25(22)34-27/h1-16H,17H2. The molecule has 0 aliphatic rings. The summed E-state index contributed by atoms with van der Waals surface area (Å²) in [6.07, 6.45) is 0. The first-order valence-corrected chi connectivity index (χ1v) is 11.7. The number of benzene rings is 4. The van der Waals surface area contributed by atoms with Crippen molar-refractivity contribution in [3.05, 3.63) is 103 Å². The Labute approximate surface area is 198 Å². The summed E-state index contributed by atoms with van der Waals surface area (Å²) in [5.74, 6) is -0.854. The lowest BCUT2D eigenvalue weighted by molar-refractivity contribution is 0.0453. The fraction of sp³-hybridized carbons (Fsp3) is 0.0357. The summed E-state index contributed by atoms with van der Waals surface area (Å²) >= 11 is 1.52. The minimum Gasteiger partial charge on any atom is -0.452 e. The molecule has 0 unspecified atom stereocenters. The number of esters is 1. The van der Waals surface area contributed by atoms with Crippen molar-refractivity contribution in [3.8, 4) is 10.6 Å². The van der Waals surface area contributed by atoms with Gasteiger partial charge in [0.2, 0.25) is 0 Å². The van der Waals surface area contributed by atoms with E-state index in [0.717, 1.165) is 37.0 Å². The first kappa shape index (κ1) is 20.3. The third-order valence-corrected chi connectivity index (χ3v) is 6.90. The highest BCUT2D eigenvalue weighted by Gasteiger charge is 2.20. The maximum atomic E-state index is 13.2. The van der Waals surface area contributed by atoms with E-state index in [2.05, 4.69) is 4.98 Å². The van der Waals surface area contributed by atoms with Gasteiger partial charge in [0, 0.05) is 16.3 Å². The van der Waals surface area contributed by atoms with Crippen molar-refractivity contribution in [3.63, 3.8) is 0 Å². The molecule has 0 aliphatic heterocycles. The molecule has 0 bridgehead atoms. The minimum absolute atomic E-state index is 0.303.